The highest BCUT2D eigenvalue weighted by molar-refractivity contribution is 6.33. The lowest BCUT2D eigenvalue weighted by atomic mass is 10.6. The zero-order chi connectivity index (χ0) is 11.1. The normalized spacial score (nSPS) is 9.00. The second-order valence-electron chi connectivity index (χ2n) is 1.93. The van der Waals surface area contributed by atoms with E-state index in [-0.39, 0.29) is 0 Å². The second kappa shape index (κ2) is 5.78. The average Bonchev–Trinajstić information content (AvgIpc) is 2.17. The molecule has 0 rings (SSSR count). The summed E-state index contributed by atoms with van der Waals surface area (Å²) in [6.07, 6.45) is 0. The molecule has 0 aromatic carbocycles. The van der Waals surface area contributed by atoms with Gasteiger partial charge < -0.3 is 20.9 Å². The molecule has 0 aliphatic rings. The standard InChI is InChI=1S/C6H8N2O6/c7-1-3(9)13-5(11)6(12)14-4(10)2-8/h1-2,7-8H2. The number of esters is 4. The fourth-order valence-electron chi connectivity index (χ4n) is 0.373. The molecule has 4 N–H and O–H groups in total. The average molecular weight is 204 g/mol. The van der Waals surface area contributed by atoms with Gasteiger partial charge in [-0.05, 0) is 0 Å². The summed E-state index contributed by atoms with van der Waals surface area (Å²) < 4.78 is 7.67. The van der Waals surface area contributed by atoms with Gasteiger partial charge in [-0.15, -0.1) is 0 Å². The van der Waals surface area contributed by atoms with Crippen molar-refractivity contribution in [3.05, 3.63) is 0 Å². The first kappa shape index (κ1) is 12.2. The second-order valence-corrected chi connectivity index (χ2v) is 1.93. The molecule has 0 aromatic rings. The Morgan fingerprint density at radius 3 is 1.29 bits per heavy atom. The van der Waals surface area contributed by atoms with Crippen LogP contribution < -0.4 is 11.5 Å². The Balaban J connectivity index is 4.07. The summed E-state index contributed by atoms with van der Waals surface area (Å²) in [5.74, 6) is -5.43. The van der Waals surface area contributed by atoms with Crippen molar-refractivity contribution in [1.82, 2.24) is 0 Å². The summed E-state index contributed by atoms with van der Waals surface area (Å²) in [6, 6.07) is 0. The van der Waals surface area contributed by atoms with E-state index in [4.69, 9.17) is 11.5 Å². The van der Waals surface area contributed by atoms with Crippen LogP contribution in [0, 0.1) is 0 Å². The molecule has 0 radical (unpaired) electrons. The minimum absolute atomic E-state index is 0.566. The van der Waals surface area contributed by atoms with Crippen molar-refractivity contribution >= 4 is 23.9 Å². The topological polar surface area (TPSA) is 139 Å². The largest absolute Gasteiger partial charge is 0.425 e. The van der Waals surface area contributed by atoms with Crippen LogP contribution >= 0.6 is 0 Å². The van der Waals surface area contributed by atoms with E-state index in [0.717, 1.165) is 0 Å². The molecule has 0 saturated heterocycles. The molecular weight excluding hydrogens is 196 g/mol. The lowest BCUT2D eigenvalue weighted by Gasteiger charge is -1.99. The third-order valence-corrected chi connectivity index (χ3v) is 0.913. The van der Waals surface area contributed by atoms with Gasteiger partial charge in [0.15, 0.2) is 0 Å². The lowest BCUT2D eigenvalue weighted by molar-refractivity contribution is -0.176. The maximum atomic E-state index is 10.6. The van der Waals surface area contributed by atoms with Crippen LogP contribution in [0.25, 0.3) is 0 Å². The summed E-state index contributed by atoms with van der Waals surface area (Å²) in [6.45, 7) is -1.13. The number of ether oxygens (including phenoxy) is 2. The number of carbonyl (C=O) groups is 4. The fraction of sp³-hybridized carbons (Fsp3) is 0.333. The van der Waals surface area contributed by atoms with Crippen LogP contribution in [-0.2, 0) is 28.7 Å². The lowest BCUT2D eigenvalue weighted by Crippen LogP contribution is -2.30. The van der Waals surface area contributed by atoms with Crippen LogP contribution in [0.4, 0.5) is 0 Å². The van der Waals surface area contributed by atoms with Crippen molar-refractivity contribution in [2.24, 2.45) is 11.5 Å². The Morgan fingerprint density at radius 1 is 0.786 bits per heavy atom. The van der Waals surface area contributed by atoms with E-state index >= 15 is 0 Å². The highest BCUT2D eigenvalue weighted by Gasteiger charge is 2.22. The molecule has 14 heavy (non-hydrogen) atoms. The molecule has 0 aliphatic carbocycles. The summed E-state index contributed by atoms with van der Waals surface area (Å²) in [7, 11) is 0. The van der Waals surface area contributed by atoms with Crippen molar-refractivity contribution in [3.63, 3.8) is 0 Å². The third-order valence-electron chi connectivity index (χ3n) is 0.913. The minimum Gasteiger partial charge on any atom is -0.384 e. The van der Waals surface area contributed by atoms with Gasteiger partial charge in [0.05, 0.1) is 13.1 Å². The number of carbonyl (C=O) groups excluding carboxylic acids is 4. The summed E-state index contributed by atoms with van der Waals surface area (Å²) >= 11 is 0. The summed E-state index contributed by atoms with van der Waals surface area (Å²) in [5.41, 5.74) is 9.56. The van der Waals surface area contributed by atoms with Gasteiger partial charge in [0, 0.05) is 0 Å². The van der Waals surface area contributed by atoms with Gasteiger partial charge in [-0.1, -0.05) is 0 Å². The van der Waals surface area contributed by atoms with Crippen molar-refractivity contribution in [2.75, 3.05) is 13.1 Å². The van der Waals surface area contributed by atoms with Crippen LogP contribution in [0.1, 0.15) is 0 Å². The van der Waals surface area contributed by atoms with Crippen LogP contribution in [0.5, 0.6) is 0 Å². The minimum atomic E-state index is -1.61. The van der Waals surface area contributed by atoms with E-state index in [0.29, 0.717) is 0 Å². The maximum absolute atomic E-state index is 10.6. The van der Waals surface area contributed by atoms with Gasteiger partial charge in [0.25, 0.3) is 0 Å². The molecule has 0 aliphatic heterocycles. The molecule has 0 aromatic heterocycles. The first-order valence-electron chi connectivity index (χ1n) is 3.41. The Kier molecular flexibility index (Phi) is 5.04. The highest BCUT2D eigenvalue weighted by atomic mass is 16.6. The van der Waals surface area contributed by atoms with Crippen LogP contribution in [0.15, 0.2) is 0 Å². The molecule has 0 heterocycles. The van der Waals surface area contributed by atoms with E-state index in [1.54, 1.807) is 0 Å². The van der Waals surface area contributed by atoms with Crippen LogP contribution in [-0.4, -0.2) is 37.0 Å². The molecule has 0 spiro atoms. The molecule has 0 bridgehead atoms. The smallest absolute Gasteiger partial charge is 0.384 e. The first-order chi connectivity index (χ1) is 6.51. The predicted octanol–water partition coefficient (Wildman–Crippen LogP) is -2.96. The predicted molar refractivity (Wildman–Crippen MR) is 40.3 cm³/mol. The highest BCUT2D eigenvalue weighted by Crippen LogP contribution is 1.86. The molecule has 0 saturated carbocycles. The molecule has 0 unspecified atom stereocenters. The quantitative estimate of drug-likeness (QED) is 0.276. The maximum Gasteiger partial charge on any atom is 0.425 e. The van der Waals surface area contributed by atoms with E-state index < -0.39 is 37.0 Å². The third kappa shape index (κ3) is 4.28. The zero-order valence-corrected chi connectivity index (χ0v) is 7.02. The monoisotopic (exact) mass is 204 g/mol. The van der Waals surface area contributed by atoms with Crippen molar-refractivity contribution < 1.29 is 28.7 Å². The zero-order valence-electron chi connectivity index (χ0n) is 7.02. The molecule has 8 heteroatoms. The van der Waals surface area contributed by atoms with Crippen molar-refractivity contribution in [1.29, 1.82) is 0 Å². The molecule has 0 amide bonds. The Bertz CT molecular complexity index is 245. The van der Waals surface area contributed by atoms with Gasteiger partial charge in [0.2, 0.25) is 0 Å². The molecule has 78 valence electrons. The van der Waals surface area contributed by atoms with E-state index in [2.05, 4.69) is 9.47 Å². The Hall–Kier alpha value is -1.80. The van der Waals surface area contributed by atoms with E-state index in [1.807, 2.05) is 0 Å². The molecule has 0 fully saturated rings. The van der Waals surface area contributed by atoms with Gasteiger partial charge in [-0.2, -0.15) is 0 Å². The fourth-order valence-corrected chi connectivity index (χ4v) is 0.373. The summed E-state index contributed by atoms with van der Waals surface area (Å²) in [5, 5.41) is 0. The van der Waals surface area contributed by atoms with Crippen molar-refractivity contribution in [2.45, 2.75) is 0 Å². The Labute approximate surface area is 78.1 Å². The molecule has 0 atom stereocenters. The van der Waals surface area contributed by atoms with E-state index in [9.17, 15) is 19.2 Å². The van der Waals surface area contributed by atoms with Gasteiger partial charge in [-0.25, -0.2) is 9.59 Å². The molecular formula is C6H8N2O6. The van der Waals surface area contributed by atoms with Gasteiger partial charge in [0.1, 0.15) is 0 Å². The molecule has 8 nitrogen and oxygen atoms in total. The van der Waals surface area contributed by atoms with Crippen LogP contribution in [0.3, 0.4) is 0 Å². The SMILES string of the molecule is NCC(=O)OC(=O)C(=O)OC(=O)CN. The number of rotatable bonds is 2. The van der Waals surface area contributed by atoms with Gasteiger partial charge >= 0.3 is 23.9 Å². The number of hydrogen-bond donors (Lipinski definition) is 2. The van der Waals surface area contributed by atoms with Gasteiger partial charge in [-0.3, -0.25) is 9.59 Å². The number of nitrogens with two attached hydrogens (primary N) is 2. The van der Waals surface area contributed by atoms with E-state index in [1.165, 1.54) is 0 Å². The van der Waals surface area contributed by atoms with Crippen molar-refractivity contribution in [3.8, 4) is 0 Å². The Morgan fingerprint density at radius 2 is 1.07 bits per heavy atom. The number of hydrogen-bond acceptors (Lipinski definition) is 8. The van der Waals surface area contributed by atoms with Crippen LogP contribution in [0.2, 0.25) is 0 Å². The summed E-state index contributed by atoms with van der Waals surface area (Å²) in [4.78, 5) is 42.0. The first-order valence-corrected chi connectivity index (χ1v) is 3.41.